The molecule has 0 saturated heterocycles. The first-order valence-electron chi connectivity index (χ1n) is 7.40. The Labute approximate surface area is 118 Å². The molecule has 19 heavy (non-hydrogen) atoms. The summed E-state index contributed by atoms with van der Waals surface area (Å²) in [6.07, 6.45) is 1.28. The maximum atomic E-state index is 8.86. The van der Waals surface area contributed by atoms with Crippen molar-refractivity contribution in [2.75, 3.05) is 19.8 Å². The molecule has 116 valence electrons. The van der Waals surface area contributed by atoms with Crippen molar-refractivity contribution in [2.45, 2.75) is 72.4 Å². The molecule has 0 heterocycles. The van der Waals surface area contributed by atoms with Crippen molar-refractivity contribution < 1.29 is 19.3 Å². The van der Waals surface area contributed by atoms with Crippen molar-refractivity contribution in [3.8, 4) is 0 Å². The van der Waals surface area contributed by atoms with Crippen LogP contribution in [-0.4, -0.2) is 49.3 Å². The number of aliphatic hydroxyl groups excluding tert-OH is 1. The number of ether oxygens (including phenoxy) is 3. The number of rotatable bonds is 11. The highest BCUT2D eigenvalue weighted by molar-refractivity contribution is 4.63. The molecule has 0 aromatic rings. The van der Waals surface area contributed by atoms with E-state index in [4.69, 9.17) is 19.3 Å². The minimum Gasteiger partial charge on any atom is -0.394 e. The zero-order chi connectivity index (χ0) is 14.8. The summed E-state index contributed by atoms with van der Waals surface area (Å²) in [5.41, 5.74) is 0. The van der Waals surface area contributed by atoms with Crippen LogP contribution in [0.25, 0.3) is 0 Å². The Hall–Kier alpha value is -0.160. The van der Waals surface area contributed by atoms with Gasteiger partial charge in [0.25, 0.3) is 0 Å². The monoisotopic (exact) mass is 276 g/mol. The molecule has 0 bridgehead atoms. The molecule has 0 saturated carbocycles. The largest absolute Gasteiger partial charge is 0.394 e. The molecule has 0 aromatic carbocycles. The third kappa shape index (κ3) is 9.38. The van der Waals surface area contributed by atoms with E-state index in [9.17, 15) is 0 Å². The second kappa shape index (κ2) is 10.6. The molecule has 4 nitrogen and oxygen atoms in total. The first-order chi connectivity index (χ1) is 8.90. The molecule has 0 aliphatic heterocycles. The Morgan fingerprint density at radius 1 is 0.842 bits per heavy atom. The highest BCUT2D eigenvalue weighted by Gasteiger charge is 2.16. The van der Waals surface area contributed by atoms with Crippen molar-refractivity contribution >= 4 is 0 Å². The van der Waals surface area contributed by atoms with E-state index in [1.165, 1.54) is 0 Å². The van der Waals surface area contributed by atoms with Gasteiger partial charge in [-0.15, -0.1) is 0 Å². The third-order valence-electron chi connectivity index (χ3n) is 3.04. The van der Waals surface area contributed by atoms with Gasteiger partial charge in [0, 0.05) is 0 Å². The SMILES string of the molecule is CCC(OC(C)COC(C)COC(C)CO)C(C)C. The van der Waals surface area contributed by atoms with Gasteiger partial charge in [0.15, 0.2) is 0 Å². The maximum absolute atomic E-state index is 8.86. The summed E-state index contributed by atoms with van der Waals surface area (Å²) in [7, 11) is 0. The van der Waals surface area contributed by atoms with E-state index in [2.05, 4.69) is 20.8 Å². The number of aliphatic hydroxyl groups is 1. The zero-order valence-electron chi connectivity index (χ0n) is 13.4. The second-order valence-corrected chi connectivity index (χ2v) is 5.61. The van der Waals surface area contributed by atoms with Crippen LogP contribution in [0.5, 0.6) is 0 Å². The fourth-order valence-electron chi connectivity index (χ4n) is 1.76. The predicted molar refractivity (Wildman–Crippen MR) is 77.4 cm³/mol. The Balaban J connectivity index is 3.79. The van der Waals surface area contributed by atoms with Crippen LogP contribution < -0.4 is 0 Å². The van der Waals surface area contributed by atoms with Crippen molar-refractivity contribution in [1.29, 1.82) is 0 Å². The Morgan fingerprint density at radius 3 is 1.84 bits per heavy atom. The predicted octanol–water partition coefficient (Wildman–Crippen LogP) is 2.63. The first kappa shape index (κ1) is 18.8. The van der Waals surface area contributed by atoms with Gasteiger partial charge in [-0.05, 0) is 33.1 Å². The van der Waals surface area contributed by atoms with Gasteiger partial charge in [0.05, 0.1) is 44.2 Å². The van der Waals surface area contributed by atoms with Crippen molar-refractivity contribution in [3.05, 3.63) is 0 Å². The minimum atomic E-state index is -0.134. The van der Waals surface area contributed by atoms with Crippen LogP contribution in [0.15, 0.2) is 0 Å². The summed E-state index contributed by atoms with van der Waals surface area (Å²) >= 11 is 0. The van der Waals surface area contributed by atoms with Gasteiger partial charge in [0.2, 0.25) is 0 Å². The van der Waals surface area contributed by atoms with Crippen LogP contribution in [0.4, 0.5) is 0 Å². The molecule has 0 rings (SSSR count). The quantitative estimate of drug-likeness (QED) is 0.630. The molecular weight excluding hydrogens is 244 g/mol. The lowest BCUT2D eigenvalue weighted by atomic mass is 10.1. The minimum absolute atomic E-state index is 0.0131. The Morgan fingerprint density at radius 2 is 1.37 bits per heavy atom. The van der Waals surface area contributed by atoms with Crippen LogP contribution in [0.1, 0.15) is 48.0 Å². The fraction of sp³-hybridized carbons (Fsp3) is 1.00. The van der Waals surface area contributed by atoms with E-state index < -0.39 is 0 Å². The highest BCUT2D eigenvalue weighted by atomic mass is 16.6. The summed E-state index contributed by atoms with van der Waals surface area (Å²) in [6.45, 7) is 13.4. The molecule has 0 amide bonds. The van der Waals surface area contributed by atoms with Gasteiger partial charge in [-0.3, -0.25) is 0 Å². The molecule has 1 N–H and O–H groups in total. The molecule has 0 spiro atoms. The van der Waals surface area contributed by atoms with Crippen LogP contribution in [-0.2, 0) is 14.2 Å². The van der Waals surface area contributed by atoms with E-state index in [1.54, 1.807) is 0 Å². The molecule has 0 aromatic heterocycles. The molecule has 0 aliphatic rings. The van der Waals surface area contributed by atoms with Crippen LogP contribution in [0.2, 0.25) is 0 Å². The smallest absolute Gasteiger partial charge is 0.0784 e. The van der Waals surface area contributed by atoms with Crippen LogP contribution in [0.3, 0.4) is 0 Å². The molecule has 0 aliphatic carbocycles. The number of hydrogen-bond acceptors (Lipinski definition) is 4. The molecule has 4 atom stereocenters. The standard InChI is InChI=1S/C15H32O4/c1-7-15(11(2)3)19-14(6)10-18-13(5)9-17-12(4)8-16/h11-16H,7-10H2,1-6H3. The third-order valence-corrected chi connectivity index (χ3v) is 3.04. The van der Waals surface area contributed by atoms with Gasteiger partial charge < -0.3 is 19.3 Å². The lowest BCUT2D eigenvalue weighted by molar-refractivity contribution is -0.0979. The van der Waals surface area contributed by atoms with Crippen LogP contribution in [0, 0.1) is 5.92 Å². The van der Waals surface area contributed by atoms with E-state index in [1.807, 2.05) is 20.8 Å². The Bertz CT molecular complexity index is 208. The van der Waals surface area contributed by atoms with Gasteiger partial charge in [-0.1, -0.05) is 20.8 Å². The van der Waals surface area contributed by atoms with Crippen molar-refractivity contribution in [3.63, 3.8) is 0 Å². The second-order valence-electron chi connectivity index (χ2n) is 5.61. The summed E-state index contributed by atoms with van der Waals surface area (Å²) in [5, 5.41) is 8.86. The van der Waals surface area contributed by atoms with E-state index in [-0.39, 0.29) is 24.9 Å². The Kier molecular flexibility index (Phi) is 10.5. The molecule has 0 radical (unpaired) electrons. The topological polar surface area (TPSA) is 47.9 Å². The highest BCUT2D eigenvalue weighted by Crippen LogP contribution is 2.13. The molecule has 0 fully saturated rings. The summed E-state index contributed by atoms with van der Waals surface area (Å²) < 4.78 is 17.1. The summed E-state index contributed by atoms with van der Waals surface area (Å²) in [4.78, 5) is 0. The first-order valence-corrected chi connectivity index (χ1v) is 7.40. The van der Waals surface area contributed by atoms with Crippen LogP contribution >= 0.6 is 0 Å². The van der Waals surface area contributed by atoms with Crippen molar-refractivity contribution in [1.82, 2.24) is 0 Å². The van der Waals surface area contributed by atoms with Gasteiger partial charge in [0.1, 0.15) is 0 Å². The number of hydrogen-bond donors (Lipinski definition) is 1. The molecule has 4 unspecified atom stereocenters. The summed E-state index contributed by atoms with van der Waals surface area (Å²) in [6, 6.07) is 0. The zero-order valence-corrected chi connectivity index (χ0v) is 13.4. The van der Waals surface area contributed by atoms with E-state index >= 15 is 0 Å². The molecular formula is C15H32O4. The normalized spacial score (nSPS) is 18.3. The molecule has 4 heteroatoms. The van der Waals surface area contributed by atoms with Crippen molar-refractivity contribution in [2.24, 2.45) is 5.92 Å². The van der Waals surface area contributed by atoms with Gasteiger partial charge in [-0.2, -0.15) is 0 Å². The fourth-order valence-corrected chi connectivity index (χ4v) is 1.76. The average Bonchev–Trinajstić information content (AvgIpc) is 2.39. The summed E-state index contributed by atoms with van der Waals surface area (Å²) in [5.74, 6) is 0.526. The average molecular weight is 276 g/mol. The van der Waals surface area contributed by atoms with E-state index in [0.29, 0.717) is 25.2 Å². The maximum Gasteiger partial charge on any atom is 0.0784 e. The lowest BCUT2D eigenvalue weighted by Crippen LogP contribution is -2.30. The van der Waals surface area contributed by atoms with Gasteiger partial charge >= 0.3 is 0 Å². The van der Waals surface area contributed by atoms with E-state index in [0.717, 1.165) is 6.42 Å². The van der Waals surface area contributed by atoms with Gasteiger partial charge in [-0.25, -0.2) is 0 Å². The lowest BCUT2D eigenvalue weighted by Gasteiger charge is -2.25.